The van der Waals surface area contributed by atoms with E-state index in [-0.39, 0.29) is 29.8 Å². The van der Waals surface area contributed by atoms with Crippen molar-refractivity contribution in [1.82, 2.24) is 10.2 Å². The highest BCUT2D eigenvalue weighted by atomic mass is 16.2. The number of nitrogens with one attached hydrogen (secondary N) is 1. The monoisotopic (exact) mass is 317 g/mol. The zero-order chi connectivity index (χ0) is 16.8. The molecule has 0 saturated carbocycles. The fraction of sp³-hybridized carbons (Fsp3) is 0.556. The second kappa shape index (κ2) is 8.11. The molecule has 5 nitrogen and oxygen atoms in total. The topological polar surface area (TPSA) is 75.4 Å². The van der Waals surface area contributed by atoms with Crippen molar-refractivity contribution in [3.05, 3.63) is 35.9 Å². The number of benzene rings is 1. The molecule has 3 atom stereocenters. The van der Waals surface area contributed by atoms with Gasteiger partial charge in [0.25, 0.3) is 0 Å². The minimum absolute atomic E-state index is 0.0732. The minimum atomic E-state index is -0.259. The molecule has 0 bridgehead atoms. The SMILES string of the molecule is CCCC(C)N1CC(C(=O)NCC(N)c2ccccc2)CC1=O. The van der Waals surface area contributed by atoms with Crippen molar-refractivity contribution in [2.45, 2.75) is 45.2 Å². The molecular formula is C18H27N3O2. The predicted octanol–water partition coefficient (Wildman–Crippen LogP) is 1.84. The Balaban J connectivity index is 1.84. The van der Waals surface area contributed by atoms with Crippen LogP contribution in [0.25, 0.3) is 0 Å². The first-order valence-corrected chi connectivity index (χ1v) is 8.40. The second-order valence-corrected chi connectivity index (χ2v) is 6.35. The van der Waals surface area contributed by atoms with Crippen molar-refractivity contribution in [2.24, 2.45) is 11.7 Å². The van der Waals surface area contributed by atoms with E-state index in [1.807, 2.05) is 42.2 Å². The molecule has 3 unspecified atom stereocenters. The number of carbonyl (C=O) groups is 2. The molecule has 2 rings (SSSR count). The maximum atomic E-state index is 12.3. The normalized spacial score (nSPS) is 20.4. The van der Waals surface area contributed by atoms with Gasteiger partial charge < -0.3 is 16.0 Å². The van der Waals surface area contributed by atoms with Gasteiger partial charge in [-0.15, -0.1) is 0 Å². The fourth-order valence-corrected chi connectivity index (χ4v) is 3.08. The third-order valence-electron chi connectivity index (χ3n) is 4.49. The Morgan fingerprint density at radius 1 is 1.39 bits per heavy atom. The molecule has 0 aliphatic carbocycles. The smallest absolute Gasteiger partial charge is 0.225 e. The number of likely N-dealkylation sites (tertiary alicyclic amines) is 1. The van der Waals surface area contributed by atoms with Crippen LogP contribution in [0.2, 0.25) is 0 Å². The van der Waals surface area contributed by atoms with Crippen LogP contribution in [0.1, 0.15) is 44.7 Å². The maximum absolute atomic E-state index is 12.3. The van der Waals surface area contributed by atoms with E-state index >= 15 is 0 Å². The van der Waals surface area contributed by atoms with Crippen LogP contribution < -0.4 is 11.1 Å². The fourth-order valence-electron chi connectivity index (χ4n) is 3.08. The summed E-state index contributed by atoms with van der Waals surface area (Å²) in [6.07, 6.45) is 2.31. The van der Waals surface area contributed by atoms with Crippen LogP contribution in [0, 0.1) is 5.92 Å². The number of hydrogen-bond acceptors (Lipinski definition) is 3. The van der Waals surface area contributed by atoms with Gasteiger partial charge in [-0.2, -0.15) is 0 Å². The molecule has 1 aliphatic heterocycles. The first kappa shape index (κ1) is 17.5. The Hall–Kier alpha value is -1.88. The highest BCUT2D eigenvalue weighted by Crippen LogP contribution is 2.22. The Morgan fingerprint density at radius 3 is 2.74 bits per heavy atom. The Morgan fingerprint density at radius 2 is 2.09 bits per heavy atom. The summed E-state index contributed by atoms with van der Waals surface area (Å²) in [4.78, 5) is 26.2. The van der Waals surface area contributed by atoms with Crippen LogP contribution in [0.4, 0.5) is 0 Å². The molecule has 5 heteroatoms. The van der Waals surface area contributed by atoms with Crippen LogP contribution in [-0.2, 0) is 9.59 Å². The van der Waals surface area contributed by atoms with E-state index in [1.54, 1.807) is 0 Å². The van der Waals surface area contributed by atoms with Crippen LogP contribution >= 0.6 is 0 Å². The summed E-state index contributed by atoms with van der Waals surface area (Å²) in [5.41, 5.74) is 7.09. The number of nitrogens with two attached hydrogens (primary N) is 1. The first-order valence-electron chi connectivity index (χ1n) is 8.40. The molecule has 126 valence electrons. The Kier molecular flexibility index (Phi) is 6.16. The van der Waals surface area contributed by atoms with Gasteiger partial charge in [-0.1, -0.05) is 43.7 Å². The van der Waals surface area contributed by atoms with Gasteiger partial charge in [0, 0.05) is 31.6 Å². The van der Waals surface area contributed by atoms with Gasteiger partial charge in [-0.3, -0.25) is 9.59 Å². The van der Waals surface area contributed by atoms with Gasteiger partial charge in [0.1, 0.15) is 0 Å². The Labute approximate surface area is 138 Å². The number of carbonyl (C=O) groups excluding carboxylic acids is 2. The van der Waals surface area contributed by atoms with Crippen LogP contribution in [-0.4, -0.2) is 35.8 Å². The standard InChI is InChI=1S/C18H27N3O2/c1-3-7-13(2)21-12-15(10-17(21)22)18(23)20-11-16(19)14-8-5-4-6-9-14/h4-6,8-9,13,15-16H,3,7,10-12,19H2,1-2H3,(H,20,23). The molecule has 1 saturated heterocycles. The summed E-state index contributed by atoms with van der Waals surface area (Å²) in [6, 6.07) is 9.67. The molecule has 1 aromatic rings. The van der Waals surface area contributed by atoms with Crippen molar-refractivity contribution < 1.29 is 9.59 Å². The molecule has 1 aromatic carbocycles. The molecule has 1 heterocycles. The van der Waals surface area contributed by atoms with E-state index in [1.165, 1.54) is 0 Å². The third kappa shape index (κ3) is 4.55. The second-order valence-electron chi connectivity index (χ2n) is 6.35. The number of nitrogens with zero attached hydrogens (tertiary/aromatic N) is 1. The first-order chi connectivity index (χ1) is 11.0. The largest absolute Gasteiger partial charge is 0.354 e. The van der Waals surface area contributed by atoms with E-state index in [4.69, 9.17) is 5.73 Å². The summed E-state index contributed by atoms with van der Waals surface area (Å²) in [7, 11) is 0. The lowest BCUT2D eigenvalue weighted by Gasteiger charge is -2.24. The van der Waals surface area contributed by atoms with Crippen LogP contribution in [0.5, 0.6) is 0 Å². The van der Waals surface area contributed by atoms with Crippen molar-refractivity contribution in [1.29, 1.82) is 0 Å². The van der Waals surface area contributed by atoms with Gasteiger partial charge in [0.05, 0.1) is 5.92 Å². The molecule has 1 fully saturated rings. The van der Waals surface area contributed by atoms with E-state index in [2.05, 4.69) is 12.2 Å². The van der Waals surface area contributed by atoms with Crippen molar-refractivity contribution in [3.63, 3.8) is 0 Å². The minimum Gasteiger partial charge on any atom is -0.354 e. The molecule has 2 amide bonds. The van der Waals surface area contributed by atoms with Gasteiger partial charge in [0.2, 0.25) is 11.8 Å². The maximum Gasteiger partial charge on any atom is 0.225 e. The van der Waals surface area contributed by atoms with E-state index in [0.717, 1.165) is 18.4 Å². The van der Waals surface area contributed by atoms with E-state index in [0.29, 0.717) is 19.5 Å². The third-order valence-corrected chi connectivity index (χ3v) is 4.49. The zero-order valence-corrected chi connectivity index (χ0v) is 14.0. The van der Waals surface area contributed by atoms with Gasteiger partial charge >= 0.3 is 0 Å². The highest BCUT2D eigenvalue weighted by Gasteiger charge is 2.36. The van der Waals surface area contributed by atoms with E-state index < -0.39 is 0 Å². The van der Waals surface area contributed by atoms with Crippen LogP contribution in [0.15, 0.2) is 30.3 Å². The van der Waals surface area contributed by atoms with Crippen LogP contribution in [0.3, 0.4) is 0 Å². The van der Waals surface area contributed by atoms with Crippen molar-refractivity contribution >= 4 is 11.8 Å². The predicted molar refractivity (Wildman–Crippen MR) is 90.6 cm³/mol. The lowest BCUT2D eigenvalue weighted by molar-refractivity contribution is -0.130. The summed E-state index contributed by atoms with van der Waals surface area (Å²) < 4.78 is 0. The van der Waals surface area contributed by atoms with Crippen molar-refractivity contribution in [3.8, 4) is 0 Å². The summed E-state index contributed by atoms with van der Waals surface area (Å²) in [6.45, 7) is 5.06. The van der Waals surface area contributed by atoms with Gasteiger partial charge in [-0.25, -0.2) is 0 Å². The molecular weight excluding hydrogens is 290 g/mol. The summed E-state index contributed by atoms with van der Waals surface area (Å²) in [5.74, 6) is -0.251. The van der Waals surface area contributed by atoms with Gasteiger partial charge in [0.15, 0.2) is 0 Å². The zero-order valence-electron chi connectivity index (χ0n) is 14.0. The summed E-state index contributed by atoms with van der Waals surface area (Å²) in [5, 5.41) is 2.89. The molecule has 1 aliphatic rings. The number of rotatable bonds is 7. The lowest BCUT2D eigenvalue weighted by atomic mass is 10.1. The quantitative estimate of drug-likeness (QED) is 0.806. The molecule has 3 N–H and O–H groups in total. The molecule has 0 radical (unpaired) electrons. The van der Waals surface area contributed by atoms with Crippen molar-refractivity contribution in [2.75, 3.05) is 13.1 Å². The van der Waals surface area contributed by atoms with Gasteiger partial charge in [-0.05, 0) is 18.9 Å². The molecule has 0 spiro atoms. The molecule has 0 aromatic heterocycles. The average Bonchev–Trinajstić information content (AvgIpc) is 2.95. The number of hydrogen-bond donors (Lipinski definition) is 2. The average molecular weight is 317 g/mol. The summed E-state index contributed by atoms with van der Waals surface area (Å²) >= 11 is 0. The Bertz CT molecular complexity index is 532. The molecule has 23 heavy (non-hydrogen) atoms. The van der Waals surface area contributed by atoms with E-state index in [9.17, 15) is 9.59 Å². The lowest BCUT2D eigenvalue weighted by Crippen LogP contribution is -2.38. The highest BCUT2D eigenvalue weighted by molar-refractivity contribution is 5.89. The number of amides is 2.